The maximum absolute atomic E-state index is 9.86. The van der Waals surface area contributed by atoms with Gasteiger partial charge in [0.1, 0.15) is 23.6 Å². The quantitative estimate of drug-likeness (QED) is 0.265. The highest BCUT2D eigenvalue weighted by atomic mass is 16.5. The Hall–Kier alpha value is -4.22. The van der Waals surface area contributed by atoms with Crippen molar-refractivity contribution in [3.8, 4) is 17.0 Å². The number of morpholine rings is 1. The number of H-pyrrole nitrogens is 1. The third-order valence-electron chi connectivity index (χ3n) is 8.04. The first-order valence-electron chi connectivity index (χ1n) is 13.5. The lowest BCUT2D eigenvalue weighted by atomic mass is 9.90. The van der Waals surface area contributed by atoms with E-state index in [1.807, 2.05) is 18.2 Å². The Kier molecular flexibility index (Phi) is 6.01. The number of hydrogen-bond acceptors (Lipinski definition) is 9. The molecule has 3 aromatic heterocycles. The molecule has 0 amide bonds. The molecule has 7 rings (SSSR count). The van der Waals surface area contributed by atoms with Crippen LogP contribution in [0.25, 0.3) is 33.2 Å². The summed E-state index contributed by atoms with van der Waals surface area (Å²) in [6.45, 7) is 3.70. The zero-order valence-corrected chi connectivity index (χ0v) is 21.5. The SMILES string of the molecule is Nc1ncnc2c1c(-c1ccc3[nH]nc(Nc4cccc(O)c4)c3c1)nn2[C@H]1CC[C@H](N2CCOCC2)CC1. The van der Waals surface area contributed by atoms with Crippen LogP contribution in [-0.4, -0.2) is 72.3 Å². The van der Waals surface area contributed by atoms with Gasteiger partial charge in [0, 0.05) is 41.8 Å². The molecule has 4 heterocycles. The van der Waals surface area contributed by atoms with E-state index in [9.17, 15) is 5.11 Å². The average Bonchev–Trinajstić information content (AvgIpc) is 3.56. The van der Waals surface area contributed by atoms with Gasteiger partial charge in [-0.25, -0.2) is 14.6 Å². The molecule has 0 spiro atoms. The number of phenolic OH excluding ortho intramolecular Hbond substituents is 1. The zero-order valence-electron chi connectivity index (χ0n) is 21.5. The fourth-order valence-corrected chi connectivity index (χ4v) is 6.04. The fourth-order valence-electron chi connectivity index (χ4n) is 6.04. The van der Waals surface area contributed by atoms with E-state index >= 15 is 0 Å². The number of nitrogen functional groups attached to an aromatic ring is 1. The minimum absolute atomic E-state index is 0.187. The summed E-state index contributed by atoms with van der Waals surface area (Å²) in [6, 6.07) is 13.9. The van der Waals surface area contributed by atoms with Crippen molar-refractivity contribution in [2.24, 2.45) is 0 Å². The van der Waals surface area contributed by atoms with Gasteiger partial charge in [-0.2, -0.15) is 10.2 Å². The number of phenols is 1. The molecule has 11 heteroatoms. The molecule has 2 aromatic carbocycles. The van der Waals surface area contributed by atoms with Crippen LogP contribution in [-0.2, 0) is 4.74 Å². The predicted molar refractivity (Wildman–Crippen MR) is 150 cm³/mol. The van der Waals surface area contributed by atoms with Crippen molar-refractivity contribution in [3.05, 3.63) is 48.8 Å². The first-order valence-corrected chi connectivity index (χ1v) is 13.5. The molecule has 200 valence electrons. The molecule has 1 aliphatic heterocycles. The van der Waals surface area contributed by atoms with Crippen LogP contribution >= 0.6 is 0 Å². The molecule has 11 nitrogen and oxygen atoms in total. The smallest absolute Gasteiger partial charge is 0.164 e. The standard InChI is InChI=1S/C28H31N9O2/c29-26-24-25(17-4-9-23-22(14-17)27(34-33-23)32-18-2-1-3-21(38)15-18)35-37(28(24)31-16-30-26)20-7-5-19(6-8-20)36-10-12-39-13-11-36/h1-4,9,14-16,19-20,38H,5-8,10-13H2,(H2,29,30,31)(H2,32,33,34)/t19-,20-. The lowest BCUT2D eigenvalue weighted by Gasteiger charge is -2.38. The van der Waals surface area contributed by atoms with E-state index in [-0.39, 0.29) is 11.8 Å². The lowest BCUT2D eigenvalue weighted by Crippen LogP contribution is -2.45. The third kappa shape index (κ3) is 4.43. The monoisotopic (exact) mass is 525 g/mol. The van der Waals surface area contributed by atoms with Gasteiger partial charge < -0.3 is 20.9 Å². The highest BCUT2D eigenvalue weighted by Gasteiger charge is 2.30. The Morgan fingerprint density at radius 3 is 2.64 bits per heavy atom. The predicted octanol–water partition coefficient (Wildman–Crippen LogP) is 4.22. The zero-order chi connectivity index (χ0) is 26.3. The number of hydrogen-bond donors (Lipinski definition) is 4. The van der Waals surface area contributed by atoms with Gasteiger partial charge in [0.05, 0.1) is 30.2 Å². The molecule has 1 saturated heterocycles. The van der Waals surface area contributed by atoms with E-state index in [0.717, 1.165) is 90.9 Å². The molecular formula is C28H31N9O2. The minimum Gasteiger partial charge on any atom is -0.508 e. The highest BCUT2D eigenvalue weighted by Crippen LogP contribution is 2.38. The lowest BCUT2D eigenvalue weighted by molar-refractivity contribution is 0.00520. The summed E-state index contributed by atoms with van der Waals surface area (Å²) >= 11 is 0. The van der Waals surface area contributed by atoms with E-state index < -0.39 is 0 Å². The van der Waals surface area contributed by atoms with Crippen LogP contribution in [0.4, 0.5) is 17.3 Å². The number of ether oxygens (including phenoxy) is 1. The average molecular weight is 526 g/mol. The van der Waals surface area contributed by atoms with Gasteiger partial charge in [0.25, 0.3) is 0 Å². The van der Waals surface area contributed by atoms with E-state index in [1.54, 1.807) is 18.2 Å². The van der Waals surface area contributed by atoms with Gasteiger partial charge >= 0.3 is 0 Å². The number of anilines is 3. The summed E-state index contributed by atoms with van der Waals surface area (Å²) in [6.07, 6.45) is 5.87. The third-order valence-corrected chi connectivity index (χ3v) is 8.04. The van der Waals surface area contributed by atoms with Gasteiger partial charge in [0.15, 0.2) is 11.5 Å². The largest absolute Gasteiger partial charge is 0.508 e. The molecule has 0 unspecified atom stereocenters. The Balaban J connectivity index is 1.22. The summed E-state index contributed by atoms with van der Waals surface area (Å²) in [5.74, 6) is 1.27. The first-order chi connectivity index (χ1) is 19.1. The summed E-state index contributed by atoms with van der Waals surface area (Å²) in [7, 11) is 0. The van der Waals surface area contributed by atoms with Crippen molar-refractivity contribution in [3.63, 3.8) is 0 Å². The van der Waals surface area contributed by atoms with Crippen molar-refractivity contribution in [1.82, 2.24) is 34.8 Å². The molecule has 1 aliphatic carbocycles. The number of aromatic nitrogens is 6. The van der Waals surface area contributed by atoms with Crippen LogP contribution in [0.5, 0.6) is 5.75 Å². The number of fused-ring (bicyclic) bond motifs is 2. The van der Waals surface area contributed by atoms with Gasteiger partial charge in [-0.05, 0) is 49.9 Å². The molecule has 0 bridgehead atoms. The van der Waals surface area contributed by atoms with Crippen molar-refractivity contribution < 1.29 is 9.84 Å². The van der Waals surface area contributed by atoms with Crippen LogP contribution in [0.15, 0.2) is 48.8 Å². The number of nitrogens with two attached hydrogens (primary N) is 1. The molecule has 5 N–H and O–H groups in total. The Morgan fingerprint density at radius 2 is 1.82 bits per heavy atom. The first kappa shape index (κ1) is 23.9. The van der Waals surface area contributed by atoms with Crippen molar-refractivity contribution in [1.29, 1.82) is 0 Å². The Bertz CT molecular complexity index is 1630. The molecule has 0 atom stereocenters. The van der Waals surface area contributed by atoms with Crippen LogP contribution in [0.3, 0.4) is 0 Å². The number of nitrogens with one attached hydrogen (secondary N) is 2. The molecular weight excluding hydrogens is 494 g/mol. The fraction of sp³-hybridized carbons (Fsp3) is 0.357. The molecule has 39 heavy (non-hydrogen) atoms. The molecule has 2 aliphatic rings. The number of benzene rings is 2. The maximum Gasteiger partial charge on any atom is 0.164 e. The van der Waals surface area contributed by atoms with Crippen molar-refractivity contribution in [2.45, 2.75) is 37.8 Å². The summed E-state index contributed by atoms with van der Waals surface area (Å²) in [5, 5.41) is 27.5. The van der Waals surface area contributed by atoms with E-state index in [1.165, 1.54) is 6.33 Å². The van der Waals surface area contributed by atoms with Gasteiger partial charge in [-0.15, -0.1) is 0 Å². The topological polar surface area (TPSA) is 143 Å². The van der Waals surface area contributed by atoms with Crippen LogP contribution in [0, 0.1) is 0 Å². The van der Waals surface area contributed by atoms with Crippen LogP contribution in [0.2, 0.25) is 0 Å². The Labute approximate surface area is 225 Å². The van der Waals surface area contributed by atoms with E-state index in [2.05, 4.69) is 41.1 Å². The number of rotatable bonds is 5. The molecule has 5 aromatic rings. The summed E-state index contributed by atoms with van der Waals surface area (Å²) in [4.78, 5) is 11.5. The molecule has 0 radical (unpaired) electrons. The summed E-state index contributed by atoms with van der Waals surface area (Å²) in [5.41, 5.74) is 10.5. The number of aromatic hydroxyl groups is 1. The second-order valence-electron chi connectivity index (χ2n) is 10.4. The van der Waals surface area contributed by atoms with E-state index in [0.29, 0.717) is 17.7 Å². The van der Waals surface area contributed by atoms with E-state index in [4.69, 9.17) is 15.6 Å². The maximum atomic E-state index is 9.86. The molecule has 1 saturated carbocycles. The second-order valence-corrected chi connectivity index (χ2v) is 10.4. The van der Waals surface area contributed by atoms with Gasteiger partial charge in [-0.3, -0.25) is 10.00 Å². The minimum atomic E-state index is 0.187. The van der Waals surface area contributed by atoms with Crippen LogP contribution < -0.4 is 11.1 Å². The van der Waals surface area contributed by atoms with Gasteiger partial charge in [0.2, 0.25) is 0 Å². The van der Waals surface area contributed by atoms with Gasteiger partial charge in [-0.1, -0.05) is 12.1 Å². The number of nitrogens with zero attached hydrogens (tertiary/aromatic N) is 6. The van der Waals surface area contributed by atoms with Crippen molar-refractivity contribution in [2.75, 3.05) is 37.4 Å². The van der Waals surface area contributed by atoms with Crippen LogP contribution in [0.1, 0.15) is 31.7 Å². The molecule has 2 fully saturated rings. The highest BCUT2D eigenvalue weighted by molar-refractivity contribution is 6.01. The van der Waals surface area contributed by atoms with Crippen molar-refractivity contribution >= 4 is 39.3 Å². The Morgan fingerprint density at radius 1 is 1.00 bits per heavy atom. The second kappa shape index (κ2) is 9.83. The normalized spacial score (nSPS) is 20.5. The number of aromatic amines is 1. The summed E-state index contributed by atoms with van der Waals surface area (Å²) < 4.78 is 7.62.